The Morgan fingerprint density at radius 1 is 1.35 bits per heavy atom. The fraction of sp³-hybridized carbons (Fsp3) is 0.636. The Balaban J connectivity index is 2.08. The van der Waals surface area contributed by atoms with Crippen molar-refractivity contribution in [2.24, 2.45) is 7.05 Å². The van der Waals surface area contributed by atoms with Gasteiger partial charge in [-0.15, -0.1) is 0 Å². The number of carboxylic acids is 1. The highest BCUT2D eigenvalue weighted by Crippen LogP contribution is 2.16. The maximum absolute atomic E-state index is 12.4. The summed E-state index contributed by atoms with van der Waals surface area (Å²) in [5, 5.41) is 12.7. The normalized spacial score (nSPS) is 18.9. The van der Waals surface area contributed by atoms with Gasteiger partial charge in [0.05, 0.1) is 12.7 Å². The van der Waals surface area contributed by atoms with Gasteiger partial charge in [-0.1, -0.05) is 0 Å². The molecule has 0 bridgehead atoms. The molecule has 0 radical (unpaired) electrons. The van der Waals surface area contributed by atoms with Crippen molar-refractivity contribution in [3.8, 4) is 0 Å². The molecule has 0 spiro atoms. The lowest BCUT2D eigenvalue weighted by Gasteiger charge is -2.19. The monoisotopic (exact) mass is 302 g/mol. The summed E-state index contributed by atoms with van der Waals surface area (Å²) in [6.45, 7) is 1.65. The van der Waals surface area contributed by atoms with Crippen LogP contribution in [-0.4, -0.2) is 71.2 Å². The van der Waals surface area contributed by atoms with Crippen LogP contribution in [0.4, 0.5) is 0 Å². The van der Waals surface area contributed by atoms with E-state index >= 15 is 0 Å². The Morgan fingerprint density at radius 2 is 2.10 bits per heavy atom. The number of hydrogen-bond acceptors (Lipinski definition) is 5. The van der Waals surface area contributed by atoms with Gasteiger partial charge < -0.3 is 5.11 Å². The van der Waals surface area contributed by atoms with Crippen LogP contribution in [0.1, 0.15) is 6.42 Å². The summed E-state index contributed by atoms with van der Waals surface area (Å²) >= 11 is 0. The Labute approximate surface area is 117 Å². The predicted molar refractivity (Wildman–Crippen MR) is 70.7 cm³/mol. The first-order valence-electron chi connectivity index (χ1n) is 6.32. The molecule has 1 fully saturated rings. The van der Waals surface area contributed by atoms with Crippen LogP contribution in [0.3, 0.4) is 0 Å². The van der Waals surface area contributed by atoms with Crippen molar-refractivity contribution < 1.29 is 18.3 Å². The third kappa shape index (κ3) is 3.35. The molecule has 0 unspecified atom stereocenters. The number of carbonyl (C=O) groups is 1. The average molecular weight is 302 g/mol. The third-order valence-corrected chi connectivity index (χ3v) is 5.08. The highest BCUT2D eigenvalue weighted by Gasteiger charge is 2.28. The molecule has 1 aromatic heterocycles. The van der Waals surface area contributed by atoms with E-state index in [1.54, 1.807) is 11.9 Å². The van der Waals surface area contributed by atoms with Crippen molar-refractivity contribution in [1.29, 1.82) is 0 Å². The van der Waals surface area contributed by atoms with Gasteiger partial charge in [-0.3, -0.25) is 14.4 Å². The minimum absolute atomic E-state index is 0.0548. The molecule has 0 aliphatic carbocycles. The summed E-state index contributed by atoms with van der Waals surface area (Å²) in [7, 11) is -1.88. The number of hydrogen-bond donors (Lipinski definition) is 1. The smallest absolute Gasteiger partial charge is 0.317 e. The molecule has 1 aliphatic heterocycles. The summed E-state index contributed by atoms with van der Waals surface area (Å²) in [6.07, 6.45) is 3.41. The second-order valence-corrected chi connectivity index (χ2v) is 6.72. The lowest BCUT2D eigenvalue weighted by Crippen LogP contribution is -2.36. The van der Waals surface area contributed by atoms with Crippen LogP contribution in [0.15, 0.2) is 17.3 Å². The van der Waals surface area contributed by atoms with Crippen molar-refractivity contribution in [1.82, 2.24) is 19.0 Å². The molecule has 8 nitrogen and oxygen atoms in total. The van der Waals surface area contributed by atoms with Crippen LogP contribution in [0.5, 0.6) is 0 Å². The maximum Gasteiger partial charge on any atom is 0.317 e. The largest absolute Gasteiger partial charge is 0.480 e. The highest BCUT2D eigenvalue weighted by atomic mass is 32.2. The molecular formula is C11H18N4O4S. The molecule has 1 aliphatic rings. The number of aryl methyl sites for hydroxylation is 1. The first-order valence-corrected chi connectivity index (χ1v) is 7.76. The van der Waals surface area contributed by atoms with Crippen molar-refractivity contribution in [3.63, 3.8) is 0 Å². The van der Waals surface area contributed by atoms with Crippen molar-refractivity contribution in [2.75, 3.05) is 32.7 Å². The van der Waals surface area contributed by atoms with Crippen LogP contribution in [0.2, 0.25) is 0 Å². The van der Waals surface area contributed by atoms with E-state index in [0.717, 1.165) is 0 Å². The van der Waals surface area contributed by atoms with Crippen LogP contribution in [-0.2, 0) is 21.9 Å². The van der Waals surface area contributed by atoms with Gasteiger partial charge in [0.1, 0.15) is 4.90 Å². The molecule has 1 N–H and O–H groups in total. The highest BCUT2D eigenvalue weighted by molar-refractivity contribution is 7.89. The van der Waals surface area contributed by atoms with E-state index in [2.05, 4.69) is 5.10 Å². The standard InChI is InChI=1S/C11H18N4O4S/c1-13-8-10(7-12-13)20(18,19)15-4-2-3-14(5-6-15)9-11(16)17/h7-8H,2-6,9H2,1H3,(H,16,17). The van der Waals surface area contributed by atoms with Crippen molar-refractivity contribution in [3.05, 3.63) is 12.4 Å². The molecule has 112 valence electrons. The topological polar surface area (TPSA) is 95.7 Å². The fourth-order valence-corrected chi connectivity index (χ4v) is 3.67. The quantitative estimate of drug-likeness (QED) is 0.782. The molecule has 0 atom stereocenters. The maximum atomic E-state index is 12.4. The number of aliphatic carboxylic acids is 1. The van der Waals surface area contributed by atoms with Gasteiger partial charge in [0.2, 0.25) is 10.0 Å². The Morgan fingerprint density at radius 3 is 2.70 bits per heavy atom. The molecule has 1 saturated heterocycles. The number of nitrogens with zero attached hydrogens (tertiary/aromatic N) is 4. The zero-order valence-corrected chi connectivity index (χ0v) is 12.1. The molecule has 9 heteroatoms. The summed E-state index contributed by atoms with van der Waals surface area (Å²) in [5.74, 6) is -0.895. The zero-order valence-electron chi connectivity index (χ0n) is 11.3. The molecule has 2 rings (SSSR count). The van der Waals surface area contributed by atoms with E-state index in [4.69, 9.17) is 5.11 Å². The lowest BCUT2D eigenvalue weighted by atomic mass is 10.4. The summed E-state index contributed by atoms with van der Waals surface area (Å²) in [4.78, 5) is 12.6. The summed E-state index contributed by atoms with van der Waals surface area (Å²) in [6, 6.07) is 0. The van der Waals surface area contributed by atoms with E-state index < -0.39 is 16.0 Å². The van der Waals surface area contributed by atoms with Gasteiger partial charge >= 0.3 is 5.97 Å². The second-order valence-electron chi connectivity index (χ2n) is 4.78. The van der Waals surface area contributed by atoms with E-state index in [1.807, 2.05) is 0 Å². The average Bonchev–Trinajstić information content (AvgIpc) is 2.66. The first-order chi connectivity index (χ1) is 9.39. The molecule has 20 heavy (non-hydrogen) atoms. The minimum atomic E-state index is -3.54. The Bertz CT molecular complexity index is 583. The van der Waals surface area contributed by atoms with Crippen LogP contribution < -0.4 is 0 Å². The van der Waals surface area contributed by atoms with Gasteiger partial charge in [-0.05, 0) is 6.42 Å². The van der Waals surface area contributed by atoms with Crippen LogP contribution >= 0.6 is 0 Å². The van der Waals surface area contributed by atoms with Gasteiger partial charge in [-0.25, -0.2) is 8.42 Å². The number of carboxylic acid groups (broad SMARTS) is 1. The molecular weight excluding hydrogens is 284 g/mol. The molecule has 2 heterocycles. The molecule has 1 aromatic rings. The van der Waals surface area contributed by atoms with Gasteiger partial charge in [0.15, 0.2) is 0 Å². The minimum Gasteiger partial charge on any atom is -0.480 e. The number of aromatic nitrogens is 2. The van der Waals surface area contributed by atoms with Gasteiger partial charge in [-0.2, -0.15) is 9.40 Å². The van der Waals surface area contributed by atoms with E-state index in [0.29, 0.717) is 32.6 Å². The van der Waals surface area contributed by atoms with E-state index in [9.17, 15) is 13.2 Å². The summed E-state index contributed by atoms with van der Waals surface area (Å²) in [5.41, 5.74) is 0. The van der Waals surface area contributed by atoms with Crippen molar-refractivity contribution >= 4 is 16.0 Å². The predicted octanol–water partition coefficient (Wildman–Crippen LogP) is -0.799. The van der Waals surface area contributed by atoms with Crippen molar-refractivity contribution in [2.45, 2.75) is 11.3 Å². The molecule has 0 amide bonds. The second kappa shape index (κ2) is 5.90. The molecule has 0 saturated carbocycles. The molecule has 0 aromatic carbocycles. The van der Waals surface area contributed by atoms with Gasteiger partial charge in [0.25, 0.3) is 0 Å². The number of rotatable bonds is 4. The Hall–Kier alpha value is -1.45. The fourth-order valence-electron chi connectivity index (χ4n) is 2.22. The van der Waals surface area contributed by atoms with Crippen LogP contribution in [0, 0.1) is 0 Å². The van der Waals surface area contributed by atoms with Gasteiger partial charge in [0, 0.05) is 39.4 Å². The SMILES string of the molecule is Cn1cc(S(=O)(=O)N2CCCN(CC(=O)O)CC2)cn1. The van der Waals surface area contributed by atoms with E-state index in [-0.39, 0.29) is 11.4 Å². The summed E-state index contributed by atoms with van der Waals surface area (Å²) < 4.78 is 27.7. The van der Waals surface area contributed by atoms with E-state index in [1.165, 1.54) is 21.4 Å². The first kappa shape index (κ1) is 14.9. The zero-order chi connectivity index (χ0) is 14.8. The lowest BCUT2D eigenvalue weighted by molar-refractivity contribution is -0.138. The third-order valence-electron chi connectivity index (χ3n) is 3.23. The van der Waals surface area contributed by atoms with Crippen LogP contribution in [0.25, 0.3) is 0 Å². The Kier molecular flexibility index (Phi) is 4.41. The number of sulfonamides is 1.